The van der Waals surface area contributed by atoms with E-state index in [1.165, 1.54) is 29.3 Å². The van der Waals surface area contributed by atoms with Crippen molar-refractivity contribution in [2.75, 3.05) is 0 Å². The molecule has 0 aliphatic carbocycles. The zero-order chi connectivity index (χ0) is 11.8. The number of benzene rings is 1. The summed E-state index contributed by atoms with van der Waals surface area (Å²) < 4.78 is 2.29. The number of para-hydroxylation sites is 1. The van der Waals surface area contributed by atoms with E-state index in [1.54, 1.807) is 0 Å². The van der Waals surface area contributed by atoms with Crippen LogP contribution in [0, 0.1) is 0 Å². The number of nitrogens with two attached hydrogens (primary N) is 1. The van der Waals surface area contributed by atoms with Crippen LogP contribution in [-0.4, -0.2) is 10.5 Å². The summed E-state index contributed by atoms with van der Waals surface area (Å²) in [6.45, 7) is 1.05. The monoisotopic (exact) mass is 228 g/mol. The smallest absolute Gasteiger partial charge is 0.221 e. The molecule has 0 saturated carbocycles. The number of hydrogen-bond acceptors (Lipinski definition) is 1. The molecule has 0 fully saturated rings. The van der Waals surface area contributed by atoms with Crippen molar-refractivity contribution < 1.29 is 4.79 Å². The van der Waals surface area contributed by atoms with Crippen molar-refractivity contribution in [2.45, 2.75) is 32.2 Å². The molecule has 88 valence electrons. The molecule has 0 saturated heterocycles. The first-order chi connectivity index (χ1) is 8.25. The van der Waals surface area contributed by atoms with Crippen molar-refractivity contribution in [2.24, 2.45) is 5.73 Å². The quantitative estimate of drug-likeness (QED) is 0.839. The van der Waals surface area contributed by atoms with Gasteiger partial charge < -0.3 is 10.3 Å². The van der Waals surface area contributed by atoms with Crippen molar-refractivity contribution in [3.05, 3.63) is 35.5 Å². The van der Waals surface area contributed by atoms with Gasteiger partial charge in [-0.3, -0.25) is 4.79 Å². The number of nitrogens with zero attached hydrogens (tertiary/aromatic N) is 1. The Balaban J connectivity index is 2.23. The highest BCUT2D eigenvalue weighted by atomic mass is 16.1. The minimum atomic E-state index is -0.258. The molecule has 2 aromatic rings. The van der Waals surface area contributed by atoms with Crippen LogP contribution in [0.25, 0.3) is 10.9 Å². The Morgan fingerprint density at radius 2 is 2.24 bits per heavy atom. The maximum atomic E-state index is 11.1. The molecule has 0 bridgehead atoms. The van der Waals surface area contributed by atoms with Crippen LogP contribution in [0.1, 0.15) is 24.0 Å². The minimum Gasteiger partial charge on any atom is -0.369 e. The van der Waals surface area contributed by atoms with Crippen LogP contribution >= 0.6 is 0 Å². The largest absolute Gasteiger partial charge is 0.369 e. The Bertz CT molecular complexity index is 583. The summed E-state index contributed by atoms with van der Waals surface area (Å²) >= 11 is 0. The lowest BCUT2D eigenvalue weighted by Gasteiger charge is -2.03. The fourth-order valence-corrected chi connectivity index (χ4v) is 2.82. The van der Waals surface area contributed by atoms with Gasteiger partial charge in [-0.25, -0.2) is 0 Å². The van der Waals surface area contributed by atoms with Crippen LogP contribution in [0.4, 0.5) is 0 Å². The highest BCUT2D eigenvalue weighted by Crippen LogP contribution is 2.28. The molecule has 17 heavy (non-hydrogen) atoms. The Kier molecular flexibility index (Phi) is 2.39. The highest BCUT2D eigenvalue weighted by molar-refractivity contribution is 5.90. The summed E-state index contributed by atoms with van der Waals surface area (Å²) in [7, 11) is 0. The van der Waals surface area contributed by atoms with E-state index < -0.39 is 0 Å². The molecule has 1 aromatic carbocycles. The van der Waals surface area contributed by atoms with Crippen LogP contribution in [0.2, 0.25) is 0 Å². The third-order valence-electron chi connectivity index (χ3n) is 3.52. The SMILES string of the molecule is NC(=O)Cc1cn2c3c(cccc13)CCCC2. The number of hydrogen-bond donors (Lipinski definition) is 1. The van der Waals surface area contributed by atoms with Gasteiger partial charge in [0.05, 0.1) is 11.9 Å². The third kappa shape index (κ3) is 1.71. The normalized spacial score (nSPS) is 14.8. The van der Waals surface area contributed by atoms with Gasteiger partial charge >= 0.3 is 0 Å². The van der Waals surface area contributed by atoms with Crippen LogP contribution in [0.5, 0.6) is 0 Å². The molecule has 1 aromatic heterocycles. The van der Waals surface area contributed by atoms with E-state index in [4.69, 9.17) is 5.73 Å². The van der Waals surface area contributed by atoms with E-state index in [1.807, 2.05) is 0 Å². The van der Waals surface area contributed by atoms with Crippen molar-refractivity contribution in [3.8, 4) is 0 Å². The topological polar surface area (TPSA) is 48.0 Å². The number of rotatable bonds is 2. The molecule has 2 heterocycles. The first kappa shape index (κ1) is 10.4. The van der Waals surface area contributed by atoms with E-state index in [0.717, 1.165) is 18.5 Å². The maximum Gasteiger partial charge on any atom is 0.221 e. The number of primary amides is 1. The minimum absolute atomic E-state index is 0.258. The fraction of sp³-hybridized carbons (Fsp3) is 0.357. The van der Waals surface area contributed by atoms with Gasteiger partial charge in [-0.2, -0.15) is 0 Å². The number of aromatic nitrogens is 1. The molecule has 0 unspecified atom stereocenters. The molecule has 0 spiro atoms. The lowest BCUT2D eigenvalue weighted by Crippen LogP contribution is -2.13. The molecule has 0 radical (unpaired) electrons. The van der Waals surface area contributed by atoms with Crippen molar-refractivity contribution in [1.82, 2.24) is 4.57 Å². The van der Waals surface area contributed by atoms with Gasteiger partial charge in [0.15, 0.2) is 0 Å². The molecule has 1 amide bonds. The summed E-state index contributed by atoms with van der Waals surface area (Å²) in [4.78, 5) is 11.1. The predicted octanol–water partition coefficient (Wildman–Crippen LogP) is 2.01. The second-order valence-corrected chi connectivity index (χ2v) is 4.76. The van der Waals surface area contributed by atoms with Gasteiger partial charge in [-0.15, -0.1) is 0 Å². The average Bonchev–Trinajstić information content (AvgIpc) is 2.51. The molecule has 3 nitrogen and oxygen atoms in total. The molecule has 3 heteroatoms. The Morgan fingerprint density at radius 3 is 3.06 bits per heavy atom. The Hall–Kier alpha value is -1.77. The van der Waals surface area contributed by atoms with Crippen molar-refractivity contribution >= 4 is 16.8 Å². The van der Waals surface area contributed by atoms with Gasteiger partial charge in [0.25, 0.3) is 0 Å². The number of amides is 1. The predicted molar refractivity (Wildman–Crippen MR) is 67.8 cm³/mol. The fourth-order valence-electron chi connectivity index (χ4n) is 2.82. The Labute approximate surface area is 100 Å². The van der Waals surface area contributed by atoms with E-state index in [9.17, 15) is 4.79 Å². The lowest BCUT2D eigenvalue weighted by atomic mass is 10.0. The number of carbonyl (C=O) groups excluding carboxylic acids is 1. The molecular formula is C14H16N2O. The summed E-state index contributed by atoms with van der Waals surface area (Å²) in [5.74, 6) is -0.258. The van der Waals surface area contributed by atoms with Crippen molar-refractivity contribution in [3.63, 3.8) is 0 Å². The first-order valence-electron chi connectivity index (χ1n) is 6.13. The van der Waals surface area contributed by atoms with Gasteiger partial charge in [-0.05, 0) is 30.4 Å². The first-order valence-corrected chi connectivity index (χ1v) is 6.13. The van der Waals surface area contributed by atoms with Gasteiger partial charge in [0.1, 0.15) is 0 Å². The van der Waals surface area contributed by atoms with Crippen LogP contribution in [0.15, 0.2) is 24.4 Å². The van der Waals surface area contributed by atoms with Gasteiger partial charge in [0, 0.05) is 18.1 Å². The van der Waals surface area contributed by atoms with Gasteiger partial charge in [0.2, 0.25) is 5.91 Å². The second kappa shape index (κ2) is 3.91. The summed E-state index contributed by atoms with van der Waals surface area (Å²) in [5, 5.41) is 1.20. The molecule has 1 aliphatic rings. The number of aryl methyl sites for hydroxylation is 2. The molecule has 3 rings (SSSR count). The standard InChI is InChI=1S/C14H16N2O/c15-13(17)8-11-9-16-7-2-1-4-10-5-3-6-12(11)14(10)16/h3,5-6,9H,1-2,4,7-8H2,(H2,15,17). The zero-order valence-electron chi connectivity index (χ0n) is 9.78. The molecular weight excluding hydrogens is 212 g/mol. The van der Waals surface area contributed by atoms with E-state index in [-0.39, 0.29) is 5.91 Å². The molecule has 1 aliphatic heterocycles. The van der Waals surface area contributed by atoms with Crippen molar-refractivity contribution in [1.29, 1.82) is 0 Å². The summed E-state index contributed by atoms with van der Waals surface area (Å²) in [6, 6.07) is 6.37. The van der Waals surface area contributed by atoms with Crippen LogP contribution in [-0.2, 0) is 24.2 Å². The Morgan fingerprint density at radius 1 is 1.35 bits per heavy atom. The second-order valence-electron chi connectivity index (χ2n) is 4.76. The number of carbonyl (C=O) groups is 1. The van der Waals surface area contributed by atoms with E-state index >= 15 is 0 Å². The van der Waals surface area contributed by atoms with E-state index in [0.29, 0.717) is 6.42 Å². The third-order valence-corrected chi connectivity index (χ3v) is 3.52. The maximum absolute atomic E-state index is 11.1. The summed E-state index contributed by atoms with van der Waals surface area (Å²) in [5.41, 5.74) is 9.07. The van der Waals surface area contributed by atoms with E-state index in [2.05, 4.69) is 29.0 Å². The van der Waals surface area contributed by atoms with Crippen LogP contribution < -0.4 is 5.73 Å². The zero-order valence-corrected chi connectivity index (χ0v) is 9.78. The molecule has 2 N–H and O–H groups in total. The highest BCUT2D eigenvalue weighted by Gasteiger charge is 2.15. The van der Waals surface area contributed by atoms with Gasteiger partial charge in [-0.1, -0.05) is 18.2 Å². The molecule has 0 atom stereocenters. The average molecular weight is 228 g/mol. The lowest BCUT2D eigenvalue weighted by molar-refractivity contribution is -0.117. The summed E-state index contributed by atoms with van der Waals surface area (Å²) in [6.07, 6.45) is 6.02. The van der Waals surface area contributed by atoms with Crippen LogP contribution in [0.3, 0.4) is 0 Å².